The lowest BCUT2D eigenvalue weighted by molar-refractivity contribution is 0.0601. The van der Waals surface area contributed by atoms with Crippen molar-refractivity contribution in [3.8, 4) is 0 Å². The van der Waals surface area contributed by atoms with E-state index in [0.29, 0.717) is 34.6 Å². The molecule has 8 heteroatoms. The lowest BCUT2D eigenvalue weighted by Gasteiger charge is -2.10. The molecule has 0 aliphatic rings. The van der Waals surface area contributed by atoms with Gasteiger partial charge in [0.15, 0.2) is 0 Å². The van der Waals surface area contributed by atoms with Crippen LogP contribution >= 0.6 is 11.6 Å². The van der Waals surface area contributed by atoms with E-state index in [1.165, 1.54) is 19.2 Å². The fourth-order valence-electron chi connectivity index (χ4n) is 2.30. The highest BCUT2D eigenvalue weighted by molar-refractivity contribution is 6.33. The zero-order valence-electron chi connectivity index (χ0n) is 14.4. The van der Waals surface area contributed by atoms with Gasteiger partial charge in [-0.05, 0) is 42.0 Å². The van der Waals surface area contributed by atoms with Crippen molar-refractivity contribution in [2.45, 2.75) is 6.54 Å². The molecule has 0 saturated heterocycles. The summed E-state index contributed by atoms with van der Waals surface area (Å²) in [6.45, 7) is 0.481. The monoisotopic (exact) mass is 386 g/mol. The molecule has 0 aliphatic heterocycles. The Labute approximate surface area is 160 Å². The third kappa shape index (κ3) is 4.92. The van der Waals surface area contributed by atoms with Gasteiger partial charge in [0, 0.05) is 12.7 Å². The van der Waals surface area contributed by atoms with Crippen LogP contribution in [0.1, 0.15) is 15.9 Å². The van der Waals surface area contributed by atoms with Gasteiger partial charge < -0.3 is 15.4 Å². The highest BCUT2D eigenvalue weighted by atomic mass is 35.5. The highest BCUT2D eigenvalue weighted by Gasteiger charge is 2.10. The van der Waals surface area contributed by atoms with Crippen LogP contribution in [-0.4, -0.2) is 23.0 Å². The van der Waals surface area contributed by atoms with Gasteiger partial charge >= 0.3 is 5.97 Å². The van der Waals surface area contributed by atoms with Gasteiger partial charge in [0.2, 0.25) is 5.95 Å². The number of aromatic nitrogens is 2. The third-order valence-corrected chi connectivity index (χ3v) is 4.01. The van der Waals surface area contributed by atoms with Crippen molar-refractivity contribution in [2.24, 2.45) is 0 Å². The van der Waals surface area contributed by atoms with Gasteiger partial charge in [0.25, 0.3) is 0 Å². The van der Waals surface area contributed by atoms with E-state index in [1.54, 1.807) is 42.6 Å². The van der Waals surface area contributed by atoms with Crippen LogP contribution in [0, 0.1) is 5.82 Å². The summed E-state index contributed by atoms with van der Waals surface area (Å²) >= 11 is 6.17. The molecule has 0 spiro atoms. The van der Waals surface area contributed by atoms with Gasteiger partial charge in [-0.1, -0.05) is 23.7 Å². The summed E-state index contributed by atoms with van der Waals surface area (Å²) in [7, 11) is 1.31. The van der Waals surface area contributed by atoms with E-state index in [-0.39, 0.29) is 5.82 Å². The van der Waals surface area contributed by atoms with E-state index in [4.69, 9.17) is 16.3 Å². The van der Waals surface area contributed by atoms with Crippen molar-refractivity contribution < 1.29 is 13.9 Å². The predicted molar refractivity (Wildman–Crippen MR) is 102 cm³/mol. The minimum atomic E-state index is -0.467. The Morgan fingerprint density at radius 3 is 2.70 bits per heavy atom. The molecule has 1 aromatic heterocycles. The number of benzene rings is 2. The zero-order valence-corrected chi connectivity index (χ0v) is 15.1. The summed E-state index contributed by atoms with van der Waals surface area (Å²) in [5.74, 6) is 0.142. The van der Waals surface area contributed by atoms with Gasteiger partial charge in [-0.2, -0.15) is 4.98 Å². The lowest BCUT2D eigenvalue weighted by atomic mass is 10.2. The van der Waals surface area contributed by atoms with Crippen molar-refractivity contribution >= 4 is 35.0 Å². The van der Waals surface area contributed by atoms with Crippen molar-refractivity contribution in [3.05, 3.63) is 76.7 Å². The smallest absolute Gasteiger partial charge is 0.337 e. The molecule has 2 aromatic carbocycles. The molecule has 0 atom stereocenters. The summed E-state index contributed by atoms with van der Waals surface area (Å²) < 4.78 is 17.7. The molecule has 0 aliphatic carbocycles. The van der Waals surface area contributed by atoms with Gasteiger partial charge in [-0.3, -0.25) is 0 Å². The first-order chi connectivity index (χ1) is 13.0. The van der Waals surface area contributed by atoms with Crippen molar-refractivity contribution in [1.29, 1.82) is 0 Å². The summed E-state index contributed by atoms with van der Waals surface area (Å²) in [5, 5.41) is 6.54. The second kappa shape index (κ2) is 8.46. The Morgan fingerprint density at radius 1 is 1.19 bits per heavy atom. The lowest BCUT2D eigenvalue weighted by Crippen LogP contribution is -2.05. The number of methoxy groups -OCH3 is 1. The van der Waals surface area contributed by atoms with Crippen LogP contribution in [0.25, 0.3) is 0 Å². The van der Waals surface area contributed by atoms with Gasteiger partial charge in [-0.15, -0.1) is 0 Å². The number of ether oxygens (including phenoxy) is 1. The fraction of sp³-hybridized carbons (Fsp3) is 0.105. The zero-order chi connectivity index (χ0) is 19.2. The minimum absolute atomic E-state index is 0.279. The molecule has 1 heterocycles. The molecule has 2 N–H and O–H groups in total. The summed E-state index contributed by atoms with van der Waals surface area (Å²) in [5.41, 5.74) is 1.75. The molecular weight excluding hydrogens is 371 g/mol. The van der Waals surface area contributed by atoms with E-state index in [0.717, 1.165) is 5.56 Å². The van der Waals surface area contributed by atoms with Crippen LogP contribution in [0.3, 0.4) is 0 Å². The Morgan fingerprint density at radius 2 is 1.96 bits per heavy atom. The molecule has 6 nitrogen and oxygen atoms in total. The summed E-state index contributed by atoms with van der Waals surface area (Å²) in [6, 6.07) is 12.6. The molecule has 0 saturated carbocycles. The number of hydrogen-bond acceptors (Lipinski definition) is 6. The van der Waals surface area contributed by atoms with Crippen LogP contribution in [0.4, 0.5) is 21.8 Å². The Bertz CT molecular complexity index is 951. The third-order valence-electron chi connectivity index (χ3n) is 3.68. The number of rotatable bonds is 6. The molecule has 0 unspecified atom stereocenters. The average molecular weight is 387 g/mol. The molecule has 0 amide bonds. The van der Waals surface area contributed by atoms with Gasteiger partial charge in [-0.25, -0.2) is 14.2 Å². The number of carbonyl (C=O) groups excluding carboxylic acids is 1. The standard InChI is InChI=1S/C19H16ClFN4O2/c1-27-18(26)13-4-7-15(20)16(10-13)24-19-22-9-8-17(25-19)23-11-12-2-5-14(21)6-3-12/h2-10H,11H2,1H3,(H2,22,23,24,25). The molecule has 0 bridgehead atoms. The molecule has 0 radical (unpaired) electrons. The molecule has 3 aromatic rings. The topological polar surface area (TPSA) is 76.1 Å². The summed E-state index contributed by atoms with van der Waals surface area (Å²) in [4.78, 5) is 20.2. The first-order valence-corrected chi connectivity index (χ1v) is 8.39. The van der Waals surface area contributed by atoms with E-state index >= 15 is 0 Å². The number of hydrogen-bond donors (Lipinski definition) is 2. The number of anilines is 3. The fourth-order valence-corrected chi connectivity index (χ4v) is 2.46. The van der Waals surface area contributed by atoms with Crippen LogP contribution in [0.2, 0.25) is 5.02 Å². The largest absolute Gasteiger partial charge is 0.465 e. The number of carbonyl (C=O) groups is 1. The SMILES string of the molecule is COC(=O)c1ccc(Cl)c(Nc2nccc(NCc3ccc(F)cc3)n2)c1. The molecule has 27 heavy (non-hydrogen) atoms. The van der Waals surface area contributed by atoms with Crippen molar-refractivity contribution in [3.63, 3.8) is 0 Å². The second-order valence-corrected chi connectivity index (χ2v) is 5.96. The maximum Gasteiger partial charge on any atom is 0.337 e. The highest BCUT2D eigenvalue weighted by Crippen LogP contribution is 2.26. The maximum atomic E-state index is 13.0. The second-order valence-electron chi connectivity index (χ2n) is 5.56. The summed E-state index contributed by atoms with van der Waals surface area (Å²) in [6.07, 6.45) is 1.58. The van der Waals surface area contributed by atoms with E-state index in [9.17, 15) is 9.18 Å². The van der Waals surface area contributed by atoms with E-state index < -0.39 is 5.97 Å². The van der Waals surface area contributed by atoms with Gasteiger partial charge in [0.1, 0.15) is 11.6 Å². The van der Waals surface area contributed by atoms with Crippen LogP contribution in [0.5, 0.6) is 0 Å². The maximum absolute atomic E-state index is 13.0. The quantitative estimate of drug-likeness (QED) is 0.611. The first-order valence-electron chi connectivity index (χ1n) is 8.01. The molecule has 0 fully saturated rings. The number of halogens is 2. The Balaban J connectivity index is 1.72. The first kappa shape index (κ1) is 18.6. The van der Waals surface area contributed by atoms with Crippen molar-refractivity contribution in [2.75, 3.05) is 17.7 Å². The normalized spacial score (nSPS) is 10.3. The number of nitrogens with one attached hydrogen (secondary N) is 2. The Hall–Kier alpha value is -3.19. The van der Waals surface area contributed by atoms with Gasteiger partial charge in [0.05, 0.1) is 23.4 Å². The van der Waals surface area contributed by atoms with Crippen molar-refractivity contribution in [1.82, 2.24) is 9.97 Å². The molecule has 138 valence electrons. The average Bonchev–Trinajstić information content (AvgIpc) is 2.69. The predicted octanol–water partition coefficient (Wildman–Crippen LogP) is 4.41. The number of esters is 1. The van der Waals surface area contributed by atoms with E-state index in [1.807, 2.05) is 0 Å². The van der Waals surface area contributed by atoms with Crippen LogP contribution < -0.4 is 10.6 Å². The molecule has 3 rings (SSSR count). The minimum Gasteiger partial charge on any atom is -0.465 e. The van der Waals surface area contributed by atoms with Crippen LogP contribution in [0.15, 0.2) is 54.7 Å². The van der Waals surface area contributed by atoms with E-state index in [2.05, 4.69) is 20.6 Å². The molecular formula is C19H16ClFN4O2. The van der Waals surface area contributed by atoms with Crippen LogP contribution in [-0.2, 0) is 11.3 Å². The number of nitrogens with zero attached hydrogens (tertiary/aromatic N) is 2. The Kier molecular flexibility index (Phi) is 5.83.